The Morgan fingerprint density at radius 3 is 2.66 bits per heavy atom. The molecule has 1 aliphatic rings. The van der Waals surface area contributed by atoms with E-state index in [1.165, 1.54) is 11.1 Å². The molecule has 5 nitrogen and oxygen atoms in total. The molecule has 1 fully saturated rings. The van der Waals surface area contributed by atoms with E-state index in [4.69, 9.17) is 16.3 Å². The monoisotopic (exact) mass is 493 g/mol. The van der Waals surface area contributed by atoms with Crippen molar-refractivity contribution in [2.75, 3.05) is 39.3 Å². The normalized spacial score (nSPS) is 18.2. The lowest BCUT2D eigenvalue weighted by atomic mass is 10.0. The summed E-state index contributed by atoms with van der Waals surface area (Å²) in [7, 11) is 0. The molecule has 6 heteroatoms. The highest BCUT2D eigenvalue weighted by atomic mass is 35.5. The zero-order chi connectivity index (χ0) is 24.5. The van der Waals surface area contributed by atoms with E-state index in [2.05, 4.69) is 77.1 Å². The van der Waals surface area contributed by atoms with Crippen molar-refractivity contribution in [3.8, 4) is 5.75 Å². The van der Waals surface area contributed by atoms with Crippen molar-refractivity contribution in [3.05, 3.63) is 101 Å². The van der Waals surface area contributed by atoms with E-state index in [1.807, 2.05) is 18.2 Å². The Bertz CT molecular complexity index is 1030. The number of aliphatic hydroxyl groups excluding tert-OH is 1. The first-order chi connectivity index (χ1) is 17.1. The second-order valence-electron chi connectivity index (χ2n) is 9.24. The van der Waals surface area contributed by atoms with Crippen LogP contribution in [0.25, 0.3) is 0 Å². The number of aliphatic hydroxyl groups is 1. The molecule has 0 saturated carbocycles. The Morgan fingerprint density at radius 1 is 1.09 bits per heavy atom. The lowest BCUT2D eigenvalue weighted by Gasteiger charge is -2.36. The molecule has 0 bridgehead atoms. The van der Waals surface area contributed by atoms with Gasteiger partial charge in [0.25, 0.3) is 0 Å². The molecule has 0 aliphatic carbocycles. The molecular weight excluding hydrogens is 458 g/mol. The van der Waals surface area contributed by atoms with E-state index in [0.29, 0.717) is 24.2 Å². The summed E-state index contributed by atoms with van der Waals surface area (Å²) in [5, 5.41) is 18.0. The minimum absolute atomic E-state index is 0.234. The minimum atomic E-state index is -0.580. The summed E-state index contributed by atoms with van der Waals surface area (Å²) >= 11 is 6.03. The van der Waals surface area contributed by atoms with Gasteiger partial charge in [0.05, 0.1) is 6.10 Å². The lowest BCUT2D eigenvalue weighted by molar-refractivity contribution is 0.134. The Morgan fingerprint density at radius 2 is 1.89 bits per heavy atom. The number of rotatable bonds is 11. The van der Waals surface area contributed by atoms with Crippen LogP contribution in [0.2, 0.25) is 5.02 Å². The number of halogens is 1. The first-order valence-electron chi connectivity index (χ1n) is 12.5. The molecule has 3 aromatic carbocycles. The number of piperazine rings is 1. The number of benzene rings is 3. The van der Waals surface area contributed by atoms with Crippen molar-refractivity contribution in [3.63, 3.8) is 0 Å². The number of hydrogen-bond donors (Lipinski definition) is 3. The van der Waals surface area contributed by atoms with Crippen LogP contribution in [0.3, 0.4) is 0 Å². The standard InChI is InChI=1S/C29H36ClN3O2/c1-22(32-21-29(34)25-8-5-9-26(30)19-25)18-23-10-12-27(13-11-23)35-17-16-33-15-14-31-20-28(33)24-6-3-2-4-7-24/h2-13,19,22,28-29,31-32,34H,14-18,20-21H2,1H3. The Hall–Kier alpha value is -2.41. The van der Waals surface area contributed by atoms with Gasteiger partial charge < -0.3 is 20.5 Å². The zero-order valence-corrected chi connectivity index (χ0v) is 21.1. The van der Waals surface area contributed by atoms with Gasteiger partial charge in [-0.3, -0.25) is 4.90 Å². The first kappa shape index (κ1) is 25.7. The van der Waals surface area contributed by atoms with Crippen LogP contribution in [0.4, 0.5) is 0 Å². The fourth-order valence-electron chi connectivity index (χ4n) is 4.59. The molecule has 0 amide bonds. The Labute approximate surface area is 214 Å². The van der Waals surface area contributed by atoms with Crippen molar-refractivity contribution < 1.29 is 9.84 Å². The number of ether oxygens (including phenoxy) is 1. The van der Waals surface area contributed by atoms with Gasteiger partial charge in [-0.1, -0.05) is 66.2 Å². The molecule has 1 heterocycles. The van der Waals surface area contributed by atoms with Crippen molar-refractivity contribution >= 4 is 11.6 Å². The first-order valence-corrected chi connectivity index (χ1v) is 12.8. The maximum Gasteiger partial charge on any atom is 0.119 e. The predicted molar refractivity (Wildman–Crippen MR) is 143 cm³/mol. The number of nitrogens with one attached hydrogen (secondary N) is 2. The van der Waals surface area contributed by atoms with Crippen molar-refractivity contribution in [1.82, 2.24) is 15.5 Å². The molecule has 0 aromatic heterocycles. The van der Waals surface area contributed by atoms with E-state index in [9.17, 15) is 5.11 Å². The maximum atomic E-state index is 10.4. The van der Waals surface area contributed by atoms with Gasteiger partial charge in [-0.05, 0) is 54.3 Å². The highest BCUT2D eigenvalue weighted by Crippen LogP contribution is 2.22. The van der Waals surface area contributed by atoms with E-state index in [-0.39, 0.29) is 6.04 Å². The SMILES string of the molecule is CC(Cc1ccc(OCCN2CCNCC2c2ccccc2)cc1)NCC(O)c1cccc(Cl)c1. The second-order valence-corrected chi connectivity index (χ2v) is 9.68. The fourth-order valence-corrected chi connectivity index (χ4v) is 4.79. The van der Waals surface area contributed by atoms with Gasteiger partial charge in [0.1, 0.15) is 12.4 Å². The Balaban J connectivity index is 1.20. The minimum Gasteiger partial charge on any atom is -0.492 e. The summed E-state index contributed by atoms with van der Waals surface area (Å²) in [5.41, 5.74) is 3.42. The second kappa shape index (κ2) is 13.1. The van der Waals surface area contributed by atoms with Crippen LogP contribution in [-0.4, -0.2) is 55.4 Å². The van der Waals surface area contributed by atoms with Gasteiger partial charge >= 0.3 is 0 Å². The molecule has 4 rings (SSSR count). The van der Waals surface area contributed by atoms with Crippen LogP contribution >= 0.6 is 11.6 Å². The average Bonchev–Trinajstić information content (AvgIpc) is 2.89. The van der Waals surface area contributed by atoms with Gasteiger partial charge in [-0.2, -0.15) is 0 Å². The Kier molecular flexibility index (Phi) is 9.57. The molecule has 0 spiro atoms. The van der Waals surface area contributed by atoms with Crippen LogP contribution in [0.1, 0.15) is 35.8 Å². The average molecular weight is 494 g/mol. The molecule has 1 saturated heterocycles. The summed E-state index contributed by atoms with van der Waals surface area (Å²) in [4.78, 5) is 2.51. The molecule has 0 radical (unpaired) electrons. The van der Waals surface area contributed by atoms with Crippen molar-refractivity contribution in [2.24, 2.45) is 0 Å². The molecule has 3 N–H and O–H groups in total. The summed E-state index contributed by atoms with van der Waals surface area (Å²) in [6, 6.07) is 27.0. The third-order valence-electron chi connectivity index (χ3n) is 6.54. The van der Waals surface area contributed by atoms with Crippen LogP contribution < -0.4 is 15.4 Å². The topological polar surface area (TPSA) is 56.8 Å². The van der Waals surface area contributed by atoms with Gasteiger partial charge in [-0.25, -0.2) is 0 Å². The quantitative estimate of drug-likeness (QED) is 0.364. The number of hydrogen-bond acceptors (Lipinski definition) is 5. The van der Waals surface area contributed by atoms with Crippen LogP contribution in [-0.2, 0) is 6.42 Å². The van der Waals surface area contributed by atoms with E-state index < -0.39 is 6.10 Å². The highest BCUT2D eigenvalue weighted by molar-refractivity contribution is 6.30. The van der Waals surface area contributed by atoms with Gasteiger partial charge in [0, 0.05) is 49.8 Å². The van der Waals surface area contributed by atoms with Gasteiger partial charge in [0.15, 0.2) is 0 Å². The largest absolute Gasteiger partial charge is 0.492 e. The smallest absolute Gasteiger partial charge is 0.119 e. The highest BCUT2D eigenvalue weighted by Gasteiger charge is 2.23. The molecule has 3 atom stereocenters. The van der Waals surface area contributed by atoms with Crippen LogP contribution in [0.15, 0.2) is 78.9 Å². The van der Waals surface area contributed by atoms with E-state index in [1.54, 1.807) is 6.07 Å². The van der Waals surface area contributed by atoms with Crippen molar-refractivity contribution in [1.29, 1.82) is 0 Å². The van der Waals surface area contributed by atoms with Crippen LogP contribution in [0.5, 0.6) is 5.75 Å². The molecule has 186 valence electrons. The molecular formula is C29H36ClN3O2. The summed E-state index contributed by atoms with van der Waals surface area (Å²) in [5.74, 6) is 0.900. The number of nitrogens with zero attached hydrogens (tertiary/aromatic N) is 1. The summed E-state index contributed by atoms with van der Waals surface area (Å²) < 4.78 is 6.07. The van der Waals surface area contributed by atoms with Crippen LogP contribution in [0, 0.1) is 0 Å². The third-order valence-corrected chi connectivity index (χ3v) is 6.78. The molecule has 3 unspecified atom stereocenters. The van der Waals surface area contributed by atoms with Gasteiger partial charge in [-0.15, -0.1) is 0 Å². The fraction of sp³-hybridized carbons (Fsp3) is 0.379. The molecule has 35 heavy (non-hydrogen) atoms. The van der Waals surface area contributed by atoms with E-state index in [0.717, 1.165) is 43.9 Å². The maximum absolute atomic E-state index is 10.4. The molecule has 3 aromatic rings. The zero-order valence-electron chi connectivity index (χ0n) is 20.4. The summed E-state index contributed by atoms with van der Waals surface area (Å²) in [6.07, 6.45) is 0.298. The molecule has 1 aliphatic heterocycles. The third kappa shape index (κ3) is 7.79. The van der Waals surface area contributed by atoms with E-state index >= 15 is 0 Å². The summed E-state index contributed by atoms with van der Waals surface area (Å²) in [6.45, 7) is 7.20. The van der Waals surface area contributed by atoms with Crippen molar-refractivity contribution in [2.45, 2.75) is 31.5 Å². The predicted octanol–water partition coefficient (Wildman–Crippen LogP) is 4.62. The lowest BCUT2D eigenvalue weighted by Crippen LogP contribution is -2.47. The van der Waals surface area contributed by atoms with Gasteiger partial charge in [0.2, 0.25) is 0 Å².